The van der Waals surface area contributed by atoms with E-state index >= 15 is 0 Å². The summed E-state index contributed by atoms with van der Waals surface area (Å²) in [5.74, 6) is -0.742. The molecule has 1 atom stereocenters. The van der Waals surface area contributed by atoms with Gasteiger partial charge in [0.2, 0.25) is 0 Å². The number of carbonyl (C=O) groups excluding carboxylic acids is 1. The molecule has 0 aromatic heterocycles. The number of rotatable bonds is 10. The maximum absolute atomic E-state index is 12.7. The number of carboxylic acids is 1. The predicted molar refractivity (Wildman–Crippen MR) is 127 cm³/mol. The second-order valence-corrected chi connectivity index (χ2v) is 8.55. The van der Waals surface area contributed by atoms with Crippen LogP contribution in [0.15, 0.2) is 60.7 Å². The molecular weight excluding hydrogens is 402 g/mol. The highest BCUT2D eigenvalue weighted by Crippen LogP contribution is 2.30. The summed E-state index contributed by atoms with van der Waals surface area (Å²) in [6.45, 7) is 5.08. The maximum atomic E-state index is 12.7. The van der Waals surface area contributed by atoms with Crippen LogP contribution in [-0.2, 0) is 4.79 Å². The molecule has 1 unspecified atom stereocenters. The van der Waals surface area contributed by atoms with E-state index < -0.39 is 5.97 Å². The monoisotopic (exact) mass is 437 g/mol. The molecule has 0 aliphatic carbocycles. The molecule has 0 bridgehead atoms. The lowest BCUT2D eigenvalue weighted by molar-refractivity contribution is -0.137. The fourth-order valence-corrected chi connectivity index (χ4v) is 4.46. The molecule has 0 radical (unpaired) electrons. The van der Waals surface area contributed by atoms with Gasteiger partial charge in [-0.1, -0.05) is 73.5 Å². The number of nitrogens with one attached hydrogen (secondary N) is 1. The lowest BCUT2D eigenvalue weighted by Crippen LogP contribution is -2.57. The van der Waals surface area contributed by atoms with Crippen molar-refractivity contribution in [3.63, 3.8) is 0 Å². The van der Waals surface area contributed by atoms with Crippen molar-refractivity contribution >= 4 is 12.0 Å². The van der Waals surface area contributed by atoms with Gasteiger partial charge in [0.15, 0.2) is 0 Å². The number of piperazine rings is 1. The third-order valence-electron chi connectivity index (χ3n) is 6.11. The molecule has 1 aliphatic rings. The highest BCUT2D eigenvalue weighted by molar-refractivity contribution is 5.74. The van der Waals surface area contributed by atoms with E-state index in [0.717, 1.165) is 32.4 Å². The van der Waals surface area contributed by atoms with Gasteiger partial charge in [0.1, 0.15) is 0 Å². The average molecular weight is 438 g/mol. The minimum Gasteiger partial charge on any atom is -0.481 e. The summed E-state index contributed by atoms with van der Waals surface area (Å²) in [7, 11) is 0. The summed E-state index contributed by atoms with van der Waals surface area (Å²) >= 11 is 0. The van der Waals surface area contributed by atoms with Crippen molar-refractivity contribution in [2.75, 3.05) is 26.2 Å². The zero-order chi connectivity index (χ0) is 22.8. The lowest BCUT2D eigenvalue weighted by Gasteiger charge is -2.43. The van der Waals surface area contributed by atoms with Crippen LogP contribution in [0.25, 0.3) is 0 Å². The Balaban J connectivity index is 1.52. The number of urea groups is 1. The maximum Gasteiger partial charge on any atom is 0.317 e. The van der Waals surface area contributed by atoms with Gasteiger partial charge in [0.25, 0.3) is 0 Å². The molecule has 1 aliphatic heterocycles. The topological polar surface area (TPSA) is 72.9 Å². The first-order valence-electron chi connectivity index (χ1n) is 11.7. The van der Waals surface area contributed by atoms with E-state index in [0.29, 0.717) is 19.5 Å². The number of carboxylic acid groups (broad SMARTS) is 1. The largest absolute Gasteiger partial charge is 0.481 e. The molecule has 6 nitrogen and oxygen atoms in total. The van der Waals surface area contributed by atoms with Gasteiger partial charge in [-0.25, -0.2) is 4.79 Å². The second kappa shape index (κ2) is 12.2. The molecule has 1 fully saturated rings. The fraction of sp³-hybridized carbons (Fsp3) is 0.462. The van der Waals surface area contributed by atoms with E-state index in [4.69, 9.17) is 5.11 Å². The van der Waals surface area contributed by atoms with Crippen molar-refractivity contribution in [2.45, 2.75) is 51.1 Å². The molecule has 0 saturated carbocycles. The summed E-state index contributed by atoms with van der Waals surface area (Å²) in [5.41, 5.74) is 2.54. The highest BCUT2D eigenvalue weighted by atomic mass is 16.4. The molecule has 2 amide bonds. The number of carbonyl (C=O) groups is 2. The molecule has 172 valence electrons. The van der Waals surface area contributed by atoms with Crippen molar-refractivity contribution in [3.8, 4) is 0 Å². The van der Waals surface area contributed by atoms with Gasteiger partial charge in [0, 0.05) is 38.6 Å². The van der Waals surface area contributed by atoms with Gasteiger partial charge in [-0.05, 0) is 30.9 Å². The second-order valence-electron chi connectivity index (χ2n) is 8.55. The van der Waals surface area contributed by atoms with Gasteiger partial charge in [-0.3, -0.25) is 9.69 Å². The molecule has 2 N–H and O–H groups in total. The number of hydrogen-bond acceptors (Lipinski definition) is 3. The van der Waals surface area contributed by atoms with Crippen LogP contribution in [0.4, 0.5) is 4.79 Å². The van der Waals surface area contributed by atoms with Crippen molar-refractivity contribution < 1.29 is 14.7 Å². The number of amides is 2. The Morgan fingerprint density at radius 1 is 0.938 bits per heavy atom. The average Bonchev–Trinajstić information content (AvgIpc) is 2.80. The standard InChI is InChI=1S/C26H35N3O3/c1-21-20-28(25(22-12-6-4-7-13-22)23-14-8-5-9-15-23)18-19-29(21)26(32)27-17-11-3-2-10-16-24(30)31/h4-9,12-15,21,25H,2-3,10-11,16-20H2,1H3,(H,27,32)(H,30,31). The molecule has 1 heterocycles. The molecule has 1 saturated heterocycles. The normalized spacial score (nSPS) is 16.8. The van der Waals surface area contributed by atoms with E-state index in [1.807, 2.05) is 17.0 Å². The van der Waals surface area contributed by atoms with E-state index in [1.54, 1.807) is 0 Å². The van der Waals surface area contributed by atoms with Gasteiger partial charge >= 0.3 is 12.0 Å². The van der Waals surface area contributed by atoms with Crippen LogP contribution in [0.5, 0.6) is 0 Å². The van der Waals surface area contributed by atoms with Crippen molar-refractivity contribution in [1.29, 1.82) is 0 Å². The number of benzene rings is 2. The number of hydrogen-bond donors (Lipinski definition) is 2. The van der Waals surface area contributed by atoms with Crippen LogP contribution in [0.2, 0.25) is 0 Å². The van der Waals surface area contributed by atoms with Gasteiger partial charge in [0.05, 0.1) is 6.04 Å². The molecular formula is C26H35N3O3. The minimum atomic E-state index is -0.742. The van der Waals surface area contributed by atoms with Crippen LogP contribution in [0.3, 0.4) is 0 Å². The zero-order valence-corrected chi connectivity index (χ0v) is 19.0. The van der Waals surface area contributed by atoms with Crippen LogP contribution in [0.1, 0.15) is 56.2 Å². The summed E-state index contributed by atoms with van der Waals surface area (Å²) in [6.07, 6.45) is 3.63. The first-order chi connectivity index (χ1) is 15.6. The SMILES string of the molecule is CC1CN(C(c2ccccc2)c2ccccc2)CCN1C(=O)NCCCCCCC(=O)O. The Bertz CT molecular complexity index is 804. The summed E-state index contributed by atoms with van der Waals surface area (Å²) in [6, 6.07) is 21.4. The summed E-state index contributed by atoms with van der Waals surface area (Å²) in [4.78, 5) is 27.7. The van der Waals surface area contributed by atoms with E-state index in [9.17, 15) is 9.59 Å². The number of unbranched alkanes of at least 4 members (excludes halogenated alkanes) is 3. The molecule has 6 heteroatoms. The number of aliphatic carboxylic acids is 1. The van der Waals surface area contributed by atoms with Crippen LogP contribution in [-0.4, -0.2) is 59.1 Å². The Hall–Kier alpha value is -2.86. The smallest absolute Gasteiger partial charge is 0.317 e. The molecule has 3 rings (SSSR count). The van der Waals surface area contributed by atoms with Crippen molar-refractivity contribution in [1.82, 2.24) is 15.1 Å². The van der Waals surface area contributed by atoms with E-state index in [-0.39, 0.29) is 24.5 Å². The van der Waals surface area contributed by atoms with E-state index in [2.05, 4.69) is 65.7 Å². The first-order valence-corrected chi connectivity index (χ1v) is 11.7. The van der Waals surface area contributed by atoms with Gasteiger partial charge in [-0.2, -0.15) is 0 Å². The lowest BCUT2D eigenvalue weighted by atomic mass is 9.95. The highest BCUT2D eigenvalue weighted by Gasteiger charge is 2.32. The first kappa shape index (κ1) is 23.8. The number of nitrogens with zero attached hydrogens (tertiary/aromatic N) is 2. The zero-order valence-electron chi connectivity index (χ0n) is 19.0. The third kappa shape index (κ3) is 6.82. The Labute approximate surface area is 191 Å². The third-order valence-corrected chi connectivity index (χ3v) is 6.11. The molecule has 2 aromatic rings. The van der Waals surface area contributed by atoms with Crippen LogP contribution >= 0.6 is 0 Å². The minimum absolute atomic E-state index is 0.00124. The fourth-order valence-electron chi connectivity index (χ4n) is 4.46. The summed E-state index contributed by atoms with van der Waals surface area (Å²) < 4.78 is 0. The molecule has 32 heavy (non-hydrogen) atoms. The Morgan fingerprint density at radius 3 is 2.09 bits per heavy atom. The predicted octanol–water partition coefficient (Wildman–Crippen LogP) is 4.53. The van der Waals surface area contributed by atoms with Crippen molar-refractivity contribution in [2.24, 2.45) is 0 Å². The Morgan fingerprint density at radius 2 is 1.53 bits per heavy atom. The quantitative estimate of drug-likeness (QED) is 0.536. The van der Waals surface area contributed by atoms with Crippen LogP contribution in [0, 0.1) is 0 Å². The van der Waals surface area contributed by atoms with E-state index in [1.165, 1.54) is 11.1 Å². The van der Waals surface area contributed by atoms with Crippen LogP contribution < -0.4 is 5.32 Å². The summed E-state index contributed by atoms with van der Waals surface area (Å²) in [5, 5.41) is 11.7. The van der Waals surface area contributed by atoms with Crippen molar-refractivity contribution in [3.05, 3.63) is 71.8 Å². The molecule has 2 aromatic carbocycles. The Kier molecular flexibility index (Phi) is 9.11. The van der Waals surface area contributed by atoms with Gasteiger partial charge in [-0.15, -0.1) is 0 Å². The molecule has 0 spiro atoms. The van der Waals surface area contributed by atoms with Gasteiger partial charge < -0.3 is 15.3 Å².